The minimum atomic E-state index is -5.23. The van der Waals surface area contributed by atoms with Crippen molar-refractivity contribution in [1.82, 2.24) is 31.1 Å². The number of rotatable bonds is 17. The fraction of sp³-hybridized carbons (Fsp3) is 0.537. The molecule has 0 aliphatic heterocycles. The third-order valence-corrected chi connectivity index (χ3v) is 18.8. The summed E-state index contributed by atoms with van der Waals surface area (Å²) >= 11 is 0. The lowest BCUT2D eigenvalue weighted by Crippen LogP contribution is -2.48. The molecule has 20 heteroatoms. The van der Waals surface area contributed by atoms with E-state index in [2.05, 4.69) is 70.0 Å². The van der Waals surface area contributed by atoms with Gasteiger partial charge in [-0.3, -0.25) is 19.5 Å². The molecule has 0 bridgehead atoms. The van der Waals surface area contributed by atoms with E-state index in [0.717, 1.165) is 47.9 Å². The number of nitrogens with one attached hydrogen (secondary N) is 5. The number of nitrogens with zero attached hydrogens (tertiary/aromatic N) is 2. The van der Waals surface area contributed by atoms with Crippen LogP contribution in [0.15, 0.2) is 66.7 Å². The number of esters is 1. The molecule has 0 saturated heterocycles. The number of amides is 4. The van der Waals surface area contributed by atoms with Gasteiger partial charge in [0.25, 0.3) is 5.91 Å². The number of aromatic nitrogens is 3. The second-order valence-corrected chi connectivity index (χ2v) is 26.9. The maximum Gasteiger partial charge on any atom is 0.412 e. The molecular weight excluding hydrogens is 979 g/mol. The molecule has 0 radical (unpaired) electrons. The summed E-state index contributed by atoms with van der Waals surface area (Å²) in [5.74, 6) is -15.9. The summed E-state index contributed by atoms with van der Waals surface area (Å²) in [5.41, 5.74) is 3.79. The van der Waals surface area contributed by atoms with Gasteiger partial charge in [0.15, 0.2) is 14.1 Å². The highest BCUT2D eigenvalue weighted by atomic mass is 28.4. The number of hydrogen-bond donors (Lipinski definition) is 5. The Hall–Kier alpha value is -6.15. The molecule has 6 rings (SSSR count). The highest BCUT2D eigenvalue weighted by Crippen LogP contribution is 2.43. The smallest absolute Gasteiger partial charge is 0.412 e. The number of methoxy groups -OCH3 is 1. The molecule has 2 fully saturated rings. The van der Waals surface area contributed by atoms with E-state index in [1.807, 2.05) is 49.4 Å². The van der Waals surface area contributed by atoms with Gasteiger partial charge in [0, 0.05) is 47.8 Å². The van der Waals surface area contributed by atoms with Crippen LogP contribution in [0.4, 0.5) is 28.0 Å². The molecule has 2 aliphatic carbocycles. The topological polar surface area (TPSA) is 203 Å². The number of alkyl halides is 4. The van der Waals surface area contributed by atoms with E-state index in [1.165, 1.54) is 24.3 Å². The molecule has 2 saturated carbocycles. The number of benzene rings is 3. The summed E-state index contributed by atoms with van der Waals surface area (Å²) in [6.45, 7) is 19.0. The van der Waals surface area contributed by atoms with Crippen molar-refractivity contribution in [3.63, 3.8) is 0 Å². The Bertz CT molecular complexity index is 2620. The summed E-state index contributed by atoms with van der Waals surface area (Å²) in [5, 5.41) is 17.4. The molecule has 402 valence electrons. The number of H-pyrrole nitrogens is 1. The van der Waals surface area contributed by atoms with Gasteiger partial charge in [0.1, 0.15) is 11.6 Å². The predicted molar refractivity (Wildman–Crippen MR) is 275 cm³/mol. The largest absolute Gasteiger partial charge is 0.464 e. The van der Waals surface area contributed by atoms with Crippen LogP contribution in [-0.4, -0.2) is 96.6 Å². The van der Waals surface area contributed by atoms with Crippen LogP contribution in [0, 0.1) is 18.8 Å². The van der Waals surface area contributed by atoms with Crippen LogP contribution < -0.4 is 21.3 Å². The number of hydrogen-bond acceptors (Lipinski definition) is 10. The Kier molecular flexibility index (Phi) is 17.9. The van der Waals surface area contributed by atoms with E-state index in [-0.39, 0.29) is 64.3 Å². The average molecular weight is 1050 g/mol. The SMILES string of the molecule is COC(=O)C(F)(F)C(F)(F)c1nc(-c2ccc(NC(=O)C(Cc3ccc(-c4ccc(C(=O)NC5CCC(O[Si](C)(C)C(C)(C)C)CC5)cc4C)cc3)NC(=O)C3CCC(CNC(=O)OC(C)(C)C)CC3)cc2)n[nH]1. The Morgan fingerprint density at radius 1 is 0.811 bits per heavy atom. The second-order valence-electron chi connectivity index (χ2n) is 22.1. The lowest BCUT2D eigenvalue weighted by molar-refractivity contribution is -0.233. The van der Waals surface area contributed by atoms with E-state index in [1.54, 1.807) is 25.9 Å². The average Bonchev–Trinajstić information content (AvgIpc) is 3.85. The van der Waals surface area contributed by atoms with Gasteiger partial charge in [-0.25, -0.2) is 14.6 Å². The van der Waals surface area contributed by atoms with Crippen molar-refractivity contribution in [3.05, 3.63) is 89.2 Å². The van der Waals surface area contributed by atoms with Crippen LogP contribution in [0.5, 0.6) is 0 Å². The van der Waals surface area contributed by atoms with E-state index in [9.17, 15) is 41.5 Å². The summed E-state index contributed by atoms with van der Waals surface area (Å²) in [7, 11) is -1.32. The molecule has 4 amide bonds. The molecule has 4 aromatic rings. The number of alkyl carbamates (subject to hydrolysis) is 1. The summed E-state index contributed by atoms with van der Waals surface area (Å²) < 4.78 is 73.5. The van der Waals surface area contributed by atoms with Crippen molar-refractivity contribution < 1.29 is 55.4 Å². The van der Waals surface area contributed by atoms with Crippen molar-refractivity contribution in [2.45, 2.75) is 160 Å². The van der Waals surface area contributed by atoms with Gasteiger partial charge in [-0.15, -0.1) is 0 Å². The van der Waals surface area contributed by atoms with Crippen molar-refractivity contribution in [1.29, 1.82) is 0 Å². The molecular formula is C54H71F4N7O8Si. The first-order valence-corrected chi connectivity index (χ1v) is 28.1. The van der Waals surface area contributed by atoms with Gasteiger partial charge in [-0.2, -0.15) is 22.7 Å². The Morgan fingerprint density at radius 3 is 2.01 bits per heavy atom. The van der Waals surface area contributed by atoms with Crippen LogP contribution in [0.2, 0.25) is 18.1 Å². The van der Waals surface area contributed by atoms with E-state index < -0.39 is 55.6 Å². The lowest BCUT2D eigenvalue weighted by atomic mass is 9.81. The van der Waals surface area contributed by atoms with Gasteiger partial charge >= 0.3 is 23.9 Å². The second kappa shape index (κ2) is 23.2. The number of carbonyl (C=O) groups excluding carboxylic acids is 5. The van der Waals surface area contributed by atoms with Gasteiger partial charge in [-0.05, 0) is 162 Å². The van der Waals surface area contributed by atoms with Crippen LogP contribution in [0.3, 0.4) is 0 Å². The third-order valence-electron chi connectivity index (χ3n) is 14.3. The molecule has 15 nitrogen and oxygen atoms in total. The van der Waals surface area contributed by atoms with Crippen LogP contribution in [0.25, 0.3) is 22.5 Å². The first kappa shape index (κ1) is 57.1. The molecule has 1 aromatic heterocycles. The molecule has 5 N–H and O–H groups in total. The van der Waals surface area contributed by atoms with Crippen molar-refractivity contribution in [2.24, 2.45) is 11.8 Å². The molecule has 1 heterocycles. The van der Waals surface area contributed by atoms with Crippen LogP contribution in [0.1, 0.15) is 120 Å². The third kappa shape index (κ3) is 14.4. The zero-order chi connectivity index (χ0) is 54.4. The van der Waals surface area contributed by atoms with Crippen molar-refractivity contribution in [2.75, 3.05) is 19.0 Å². The minimum Gasteiger partial charge on any atom is -0.464 e. The predicted octanol–water partition coefficient (Wildman–Crippen LogP) is 10.4. The fourth-order valence-corrected chi connectivity index (χ4v) is 10.3. The standard InChI is InChI=1S/C54H71F4N7O8Si/c1-32-29-38(46(67)60-40-24-26-41(27-25-40)73-74(9,10)52(5,6)7)21-28-42(32)35-15-11-33(12-16-35)30-43(62-45(66)37-17-13-34(14-18-37)31-59-50(70)72-51(2,3)4)47(68)61-39-22-19-36(20-23-39)44-63-48(65-64-44)53(55,56)54(57,58)49(69)71-8/h11-12,15-16,19-23,28-29,34,37,40-41,43H,13-14,17-18,24-27,30-31H2,1-10H3,(H,59,70)(H,60,67)(H,61,68)(H,62,66)(H,63,64,65). The molecule has 1 atom stereocenters. The first-order valence-electron chi connectivity index (χ1n) is 25.2. The summed E-state index contributed by atoms with van der Waals surface area (Å²) in [4.78, 5) is 68.6. The highest BCUT2D eigenvalue weighted by molar-refractivity contribution is 6.74. The van der Waals surface area contributed by atoms with Crippen LogP contribution in [-0.2, 0) is 40.6 Å². The summed E-state index contributed by atoms with van der Waals surface area (Å²) in [6.07, 6.45) is 5.81. The number of halogens is 4. The lowest BCUT2D eigenvalue weighted by Gasteiger charge is -2.41. The Morgan fingerprint density at radius 2 is 1.43 bits per heavy atom. The van der Waals surface area contributed by atoms with Crippen LogP contribution >= 0.6 is 0 Å². The number of ether oxygens (including phenoxy) is 2. The van der Waals surface area contributed by atoms with Crippen molar-refractivity contribution in [3.8, 4) is 22.5 Å². The first-order chi connectivity index (χ1) is 34.6. The molecule has 74 heavy (non-hydrogen) atoms. The Balaban J connectivity index is 1.11. The number of aromatic amines is 1. The highest BCUT2D eigenvalue weighted by Gasteiger charge is 2.66. The zero-order valence-corrected chi connectivity index (χ0v) is 45.0. The molecule has 2 aliphatic rings. The van der Waals surface area contributed by atoms with E-state index >= 15 is 0 Å². The number of anilines is 1. The quantitative estimate of drug-likeness (QED) is 0.0385. The van der Waals surface area contributed by atoms with Gasteiger partial charge in [0.2, 0.25) is 17.6 Å². The normalized spacial score (nSPS) is 19.2. The van der Waals surface area contributed by atoms with E-state index in [0.29, 0.717) is 44.9 Å². The number of carbonyl (C=O) groups is 5. The van der Waals surface area contributed by atoms with Crippen molar-refractivity contribution >= 4 is 43.8 Å². The minimum absolute atomic E-state index is 0.0780. The maximum atomic E-state index is 14.6. The van der Waals surface area contributed by atoms with E-state index in [4.69, 9.17) is 9.16 Å². The molecule has 3 aromatic carbocycles. The van der Waals surface area contributed by atoms with Gasteiger partial charge in [0.05, 0.1) is 7.11 Å². The van der Waals surface area contributed by atoms with Gasteiger partial charge in [-0.1, -0.05) is 51.1 Å². The monoisotopic (exact) mass is 1050 g/mol. The Labute approximate surface area is 431 Å². The fourth-order valence-electron chi connectivity index (χ4n) is 8.91. The summed E-state index contributed by atoms with van der Waals surface area (Å²) in [6, 6.07) is 17.9. The molecule has 1 unspecified atom stereocenters. The molecule has 0 spiro atoms. The zero-order valence-electron chi connectivity index (χ0n) is 44.0. The van der Waals surface area contributed by atoms with Gasteiger partial charge < -0.3 is 35.2 Å². The number of aryl methyl sites for hydroxylation is 1. The maximum absolute atomic E-state index is 14.6.